The Balaban J connectivity index is 2.06. The average Bonchev–Trinajstić information content (AvgIpc) is 2.83. The van der Waals surface area contributed by atoms with Crippen LogP contribution in [0.1, 0.15) is 5.56 Å². The summed E-state index contributed by atoms with van der Waals surface area (Å²) in [5.74, 6) is 0.942. The van der Waals surface area contributed by atoms with Gasteiger partial charge < -0.3 is 4.42 Å². The van der Waals surface area contributed by atoms with Gasteiger partial charge in [-0.15, -0.1) is 0 Å². The van der Waals surface area contributed by atoms with Crippen molar-refractivity contribution in [3.8, 4) is 11.3 Å². The number of aryl methyl sites for hydroxylation is 1. The first-order valence-corrected chi connectivity index (χ1v) is 7.53. The molecule has 0 amide bonds. The van der Waals surface area contributed by atoms with Gasteiger partial charge in [0, 0.05) is 15.4 Å². The topological polar surface area (TPSA) is 13.1 Å². The van der Waals surface area contributed by atoms with Crippen LogP contribution >= 0.6 is 22.6 Å². The van der Waals surface area contributed by atoms with E-state index in [0.29, 0.717) is 0 Å². The summed E-state index contributed by atoms with van der Waals surface area (Å²) in [5, 5.41) is 1.19. The van der Waals surface area contributed by atoms with Crippen molar-refractivity contribution in [2.75, 3.05) is 4.43 Å². The predicted octanol–water partition coefficient (Wildman–Crippen LogP) is 5.08. The first-order valence-electron chi connectivity index (χ1n) is 6.01. The molecule has 90 valence electrons. The Hall–Kier alpha value is -1.29. The van der Waals surface area contributed by atoms with Crippen molar-refractivity contribution in [3.63, 3.8) is 0 Å². The summed E-state index contributed by atoms with van der Waals surface area (Å²) in [6, 6.07) is 18.8. The standard InChI is InChI=1S/C16H13IO/c17-9-8-12-6-7-15-14(10-12)11-16(18-15)13-4-2-1-3-5-13/h1-7,10-11H,8-9H2. The second-order valence-corrected chi connectivity index (χ2v) is 5.37. The number of fused-ring (bicyclic) bond motifs is 1. The summed E-state index contributed by atoms with van der Waals surface area (Å²) in [6.07, 6.45) is 1.11. The van der Waals surface area contributed by atoms with Gasteiger partial charge in [-0.05, 0) is 30.2 Å². The van der Waals surface area contributed by atoms with E-state index in [0.717, 1.165) is 27.8 Å². The molecule has 3 rings (SSSR count). The summed E-state index contributed by atoms with van der Waals surface area (Å²) in [4.78, 5) is 0. The van der Waals surface area contributed by atoms with Crippen molar-refractivity contribution in [1.82, 2.24) is 0 Å². The first kappa shape index (κ1) is 11.8. The molecule has 0 unspecified atom stereocenters. The van der Waals surface area contributed by atoms with E-state index in [2.05, 4.69) is 59.0 Å². The SMILES string of the molecule is ICCc1ccc2oc(-c3ccccc3)cc2c1. The molecule has 1 nitrogen and oxygen atoms in total. The minimum absolute atomic E-state index is 0.942. The molecule has 0 fully saturated rings. The summed E-state index contributed by atoms with van der Waals surface area (Å²) >= 11 is 2.41. The molecule has 0 radical (unpaired) electrons. The quantitative estimate of drug-likeness (QED) is 0.475. The minimum Gasteiger partial charge on any atom is -0.456 e. The number of rotatable bonds is 3. The largest absolute Gasteiger partial charge is 0.456 e. The first-order chi connectivity index (χ1) is 8.86. The Morgan fingerprint density at radius 3 is 2.56 bits per heavy atom. The van der Waals surface area contributed by atoms with Gasteiger partial charge in [0.15, 0.2) is 0 Å². The fourth-order valence-corrected chi connectivity index (χ4v) is 2.72. The number of benzene rings is 2. The molecule has 0 saturated carbocycles. The highest BCUT2D eigenvalue weighted by atomic mass is 127. The van der Waals surface area contributed by atoms with Crippen molar-refractivity contribution >= 4 is 33.6 Å². The van der Waals surface area contributed by atoms with Crippen molar-refractivity contribution < 1.29 is 4.42 Å². The Morgan fingerprint density at radius 2 is 1.78 bits per heavy atom. The highest BCUT2D eigenvalue weighted by Gasteiger charge is 2.06. The van der Waals surface area contributed by atoms with Crippen molar-refractivity contribution in [2.45, 2.75) is 6.42 Å². The number of hydrogen-bond donors (Lipinski definition) is 0. The molecule has 0 atom stereocenters. The second-order valence-electron chi connectivity index (χ2n) is 4.29. The van der Waals surface area contributed by atoms with Crippen LogP contribution in [0.25, 0.3) is 22.3 Å². The van der Waals surface area contributed by atoms with E-state index in [1.165, 1.54) is 10.9 Å². The van der Waals surface area contributed by atoms with Gasteiger partial charge in [0.25, 0.3) is 0 Å². The fraction of sp³-hybridized carbons (Fsp3) is 0.125. The smallest absolute Gasteiger partial charge is 0.135 e. The van der Waals surface area contributed by atoms with Crippen LogP contribution in [0.2, 0.25) is 0 Å². The third-order valence-electron chi connectivity index (χ3n) is 3.02. The zero-order chi connectivity index (χ0) is 12.4. The lowest BCUT2D eigenvalue weighted by Crippen LogP contribution is -1.83. The van der Waals surface area contributed by atoms with Crippen LogP contribution in [0.5, 0.6) is 0 Å². The molecular weight excluding hydrogens is 335 g/mol. The molecule has 2 aromatic carbocycles. The maximum atomic E-state index is 5.89. The molecule has 3 aromatic rings. The number of alkyl halides is 1. The van der Waals surface area contributed by atoms with E-state index in [9.17, 15) is 0 Å². The fourth-order valence-electron chi connectivity index (χ4n) is 2.10. The van der Waals surface area contributed by atoms with E-state index < -0.39 is 0 Å². The Bertz CT molecular complexity index is 655. The van der Waals surface area contributed by atoms with Crippen LogP contribution in [-0.2, 0) is 6.42 Å². The van der Waals surface area contributed by atoms with Gasteiger partial charge in [-0.2, -0.15) is 0 Å². The lowest BCUT2D eigenvalue weighted by molar-refractivity contribution is 0.631. The van der Waals surface area contributed by atoms with Gasteiger partial charge in [0.1, 0.15) is 11.3 Å². The molecule has 0 N–H and O–H groups in total. The maximum absolute atomic E-state index is 5.89. The van der Waals surface area contributed by atoms with E-state index in [4.69, 9.17) is 4.42 Å². The molecule has 18 heavy (non-hydrogen) atoms. The lowest BCUT2D eigenvalue weighted by atomic mass is 10.1. The molecule has 0 saturated heterocycles. The molecule has 1 heterocycles. The van der Waals surface area contributed by atoms with Crippen LogP contribution in [0.4, 0.5) is 0 Å². The molecule has 0 aliphatic heterocycles. The van der Waals surface area contributed by atoms with Gasteiger partial charge in [0.05, 0.1) is 0 Å². The van der Waals surface area contributed by atoms with Crippen LogP contribution in [0, 0.1) is 0 Å². The van der Waals surface area contributed by atoms with Gasteiger partial charge in [-0.25, -0.2) is 0 Å². The Labute approximate surface area is 120 Å². The summed E-state index contributed by atoms with van der Waals surface area (Å²) < 4.78 is 7.03. The summed E-state index contributed by atoms with van der Waals surface area (Å²) in [6.45, 7) is 0. The molecule has 0 bridgehead atoms. The Kier molecular flexibility index (Phi) is 3.37. The Morgan fingerprint density at radius 1 is 0.944 bits per heavy atom. The molecule has 2 heteroatoms. The van der Waals surface area contributed by atoms with Gasteiger partial charge in [0.2, 0.25) is 0 Å². The van der Waals surface area contributed by atoms with E-state index in [1.807, 2.05) is 18.2 Å². The third kappa shape index (κ3) is 2.29. The van der Waals surface area contributed by atoms with Crippen LogP contribution in [0.15, 0.2) is 59.0 Å². The van der Waals surface area contributed by atoms with Crippen LogP contribution in [-0.4, -0.2) is 4.43 Å². The van der Waals surface area contributed by atoms with E-state index in [-0.39, 0.29) is 0 Å². The van der Waals surface area contributed by atoms with E-state index in [1.54, 1.807) is 0 Å². The lowest BCUT2D eigenvalue weighted by Gasteiger charge is -1.96. The minimum atomic E-state index is 0.942. The number of furan rings is 1. The second kappa shape index (κ2) is 5.14. The molecule has 1 aromatic heterocycles. The highest BCUT2D eigenvalue weighted by molar-refractivity contribution is 14.1. The maximum Gasteiger partial charge on any atom is 0.135 e. The van der Waals surface area contributed by atoms with Gasteiger partial charge in [-0.1, -0.05) is 59.0 Å². The van der Waals surface area contributed by atoms with Crippen molar-refractivity contribution in [3.05, 3.63) is 60.2 Å². The zero-order valence-corrected chi connectivity index (χ0v) is 12.1. The normalized spacial score (nSPS) is 10.9. The molecular formula is C16H13IO. The monoisotopic (exact) mass is 348 g/mol. The number of hydrogen-bond acceptors (Lipinski definition) is 1. The number of halogens is 1. The summed E-state index contributed by atoms with van der Waals surface area (Å²) in [5.41, 5.74) is 3.47. The van der Waals surface area contributed by atoms with Gasteiger partial charge in [-0.3, -0.25) is 0 Å². The molecule has 0 aliphatic rings. The molecule has 0 aliphatic carbocycles. The highest BCUT2D eigenvalue weighted by Crippen LogP contribution is 2.28. The van der Waals surface area contributed by atoms with Gasteiger partial charge >= 0.3 is 0 Å². The van der Waals surface area contributed by atoms with Crippen molar-refractivity contribution in [2.24, 2.45) is 0 Å². The predicted molar refractivity (Wildman–Crippen MR) is 84.2 cm³/mol. The van der Waals surface area contributed by atoms with Crippen molar-refractivity contribution in [1.29, 1.82) is 0 Å². The zero-order valence-electron chi connectivity index (χ0n) is 9.90. The summed E-state index contributed by atoms with van der Waals surface area (Å²) in [7, 11) is 0. The third-order valence-corrected chi connectivity index (χ3v) is 3.56. The van der Waals surface area contributed by atoms with Crippen LogP contribution < -0.4 is 0 Å². The molecule has 0 spiro atoms. The van der Waals surface area contributed by atoms with E-state index >= 15 is 0 Å². The average molecular weight is 348 g/mol. The van der Waals surface area contributed by atoms with Crippen LogP contribution in [0.3, 0.4) is 0 Å².